The Hall–Kier alpha value is -0.300. The van der Waals surface area contributed by atoms with Crippen LogP contribution in [0.25, 0.3) is 0 Å². The molecule has 0 N–H and O–H groups in total. The zero-order valence-electron chi connectivity index (χ0n) is 16.8. The minimum absolute atomic E-state index is 0.333. The first-order valence-electron chi connectivity index (χ1n) is 11.5. The molecular weight excluding hydrogens is 304 g/mol. The van der Waals surface area contributed by atoms with Crippen molar-refractivity contribution in [2.75, 3.05) is 6.61 Å². The zero-order chi connectivity index (χ0) is 17.5. The van der Waals surface area contributed by atoms with Crippen LogP contribution in [-0.4, -0.2) is 12.7 Å². The van der Waals surface area contributed by atoms with E-state index in [0.29, 0.717) is 6.10 Å². The lowest BCUT2D eigenvalue weighted by molar-refractivity contribution is -0.0191. The fourth-order valence-electron chi connectivity index (χ4n) is 6.07. The number of hydrogen-bond acceptors (Lipinski definition) is 1. The molecular formula is C24H42O. The highest BCUT2D eigenvalue weighted by Crippen LogP contribution is 2.44. The summed E-state index contributed by atoms with van der Waals surface area (Å²) in [6, 6.07) is 0. The molecule has 2 atom stereocenters. The third-order valence-corrected chi connectivity index (χ3v) is 7.87. The molecule has 2 aliphatic carbocycles. The first-order valence-corrected chi connectivity index (χ1v) is 11.5. The van der Waals surface area contributed by atoms with Crippen LogP contribution in [0.4, 0.5) is 0 Å². The highest BCUT2D eigenvalue weighted by Gasteiger charge is 2.34. The van der Waals surface area contributed by atoms with Gasteiger partial charge >= 0.3 is 0 Å². The van der Waals surface area contributed by atoms with Gasteiger partial charge in [-0.15, -0.1) is 6.58 Å². The fraction of sp³-hybridized carbons (Fsp3) is 0.917. The van der Waals surface area contributed by atoms with Gasteiger partial charge in [-0.1, -0.05) is 51.5 Å². The van der Waals surface area contributed by atoms with Crippen molar-refractivity contribution < 1.29 is 4.74 Å². The third-order valence-electron chi connectivity index (χ3n) is 7.87. The minimum atomic E-state index is 0.333. The van der Waals surface area contributed by atoms with E-state index >= 15 is 0 Å². The van der Waals surface area contributed by atoms with Crippen LogP contribution in [0.1, 0.15) is 96.8 Å². The van der Waals surface area contributed by atoms with Gasteiger partial charge in [0.25, 0.3) is 0 Å². The number of ether oxygens (including phenoxy) is 1. The largest absolute Gasteiger partial charge is 0.374 e. The predicted octanol–water partition coefficient (Wildman–Crippen LogP) is 7.16. The van der Waals surface area contributed by atoms with Crippen LogP contribution in [0.2, 0.25) is 0 Å². The summed E-state index contributed by atoms with van der Waals surface area (Å²) < 4.78 is 5.97. The topological polar surface area (TPSA) is 9.23 Å². The van der Waals surface area contributed by atoms with Crippen molar-refractivity contribution in [3.63, 3.8) is 0 Å². The molecule has 1 saturated heterocycles. The number of hydrogen-bond donors (Lipinski definition) is 0. The minimum Gasteiger partial charge on any atom is -0.374 e. The summed E-state index contributed by atoms with van der Waals surface area (Å²) in [4.78, 5) is 0. The zero-order valence-corrected chi connectivity index (χ0v) is 16.8. The highest BCUT2D eigenvalue weighted by molar-refractivity contribution is 4.88. The second-order valence-electron chi connectivity index (χ2n) is 9.40. The standard InChI is InChI=1S/C24H42O/c1-3-5-6-7-19-8-10-20(11-9-19)21-12-14-22(15-13-21)23-16-17-24(4-2)25-18-23/h4,19-24H,2-3,5-18H2,1H3. The molecule has 3 rings (SSSR count). The molecule has 2 unspecified atom stereocenters. The van der Waals surface area contributed by atoms with Crippen LogP contribution in [-0.2, 0) is 4.74 Å². The molecule has 0 bridgehead atoms. The quantitative estimate of drug-likeness (QED) is 0.351. The summed E-state index contributed by atoms with van der Waals surface area (Å²) in [6.07, 6.45) is 22.9. The highest BCUT2D eigenvalue weighted by atomic mass is 16.5. The first kappa shape index (κ1) is 19.5. The Morgan fingerprint density at radius 1 is 0.760 bits per heavy atom. The molecule has 0 amide bonds. The number of rotatable bonds is 7. The summed E-state index contributed by atoms with van der Waals surface area (Å²) in [5, 5.41) is 0. The van der Waals surface area contributed by atoms with Gasteiger partial charge in [-0.2, -0.15) is 0 Å². The van der Waals surface area contributed by atoms with E-state index in [1.807, 2.05) is 6.08 Å². The Morgan fingerprint density at radius 2 is 1.32 bits per heavy atom. The summed E-state index contributed by atoms with van der Waals surface area (Å²) in [5.74, 6) is 4.98. The molecule has 1 heterocycles. The van der Waals surface area contributed by atoms with Gasteiger partial charge < -0.3 is 4.74 Å². The van der Waals surface area contributed by atoms with Crippen LogP contribution in [0.3, 0.4) is 0 Å². The molecule has 0 aromatic carbocycles. The van der Waals surface area contributed by atoms with Crippen LogP contribution >= 0.6 is 0 Å². The third kappa shape index (κ3) is 5.59. The average molecular weight is 347 g/mol. The van der Waals surface area contributed by atoms with E-state index in [4.69, 9.17) is 4.74 Å². The van der Waals surface area contributed by atoms with E-state index in [1.165, 1.54) is 77.0 Å². The maximum absolute atomic E-state index is 5.97. The monoisotopic (exact) mass is 346 g/mol. The van der Waals surface area contributed by atoms with Gasteiger partial charge in [0.05, 0.1) is 12.7 Å². The van der Waals surface area contributed by atoms with Gasteiger partial charge in [-0.3, -0.25) is 0 Å². The van der Waals surface area contributed by atoms with Gasteiger partial charge in [0.1, 0.15) is 0 Å². The van der Waals surface area contributed by atoms with Crippen molar-refractivity contribution in [1.29, 1.82) is 0 Å². The summed E-state index contributed by atoms with van der Waals surface area (Å²) in [5.41, 5.74) is 0. The molecule has 1 aliphatic heterocycles. The smallest absolute Gasteiger partial charge is 0.0753 e. The van der Waals surface area contributed by atoms with E-state index in [2.05, 4.69) is 13.5 Å². The normalized spacial score (nSPS) is 39.9. The molecule has 1 nitrogen and oxygen atoms in total. The second kappa shape index (κ2) is 10.1. The van der Waals surface area contributed by atoms with E-state index < -0.39 is 0 Å². The number of unbranched alkanes of at least 4 members (excludes halogenated alkanes) is 2. The van der Waals surface area contributed by atoms with Crippen molar-refractivity contribution in [2.24, 2.45) is 29.6 Å². The molecule has 3 aliphatic rings. The Balaban J connectivity index is 1.34. The molecule has 25 heavy (non-hydrogen) atoms. The molecule has 1 heteroatoms. The first-order chi connectivity index (χ1) is 12.3. The summed E-state index contributed by atoms with van der Waals surface area (Å²) in [7, 11) is 0. The van der Waals surface area contributed by atoms with E-state index in [9.17, 15) is 0 Å². The second-order valence-corrected chi connectivity index (χ2v) is 9.40. The van der Waals surface area contributed by atoms with Crippen molar-refractivity contribution in [3.8, 4) is 0 Å². The summed E-state index contributed by atoms with van der Waals surface area (Å²) in [6.45, 7) is 7.20. The van der Waals surface area contributed by atoms with Gasteiger partial charge in [0.15, 0.2) is 0 Å². The average Bonchev–Trinajstić information content (AvgIpc) is 2.69. The Kier molecular flexibility index (Phi) is 7.90. The lowest BCUT2D eigenvalue weighted by Gasteiger charge is -2.41. The molecule has 2 saturated carbocycles. The van der Waals surface area contributed by atoms with Crippen LogP contribution in [0.5, 0.6) is 0 Å². The fourth-order valence-corrected chi connectivity index (χ4v) is 6.07. The van der Waals surface area contributed by atoms with E-state index in [1.54, 1.807) is 12.8 Å². The van der Waals surface area contributed by atoms with Crippen molar-refractivity contribution in [2.45, 2.75) is 103 Å². The lowest BCUT2D eigenvalue weighted by Crippen LogP contribution is -2.33. The molecule has 0 spiro atoms. The molecule has 0 aromatic heterocycles. The van der Waals surface area contributed by atoms with Gasteiger partial charge in [0.2, 0.25) is 0 Å². The SMILES string of the molecule is C=CC1CCC(C2CCC(C3CCC(CCCCC)CC3)CC2)CO1. The Labute approximate surface area is 157 Å². The molecule has 144 valence electrons. The Bertz CT molecular complexity index is 366. The van der Waals surface area contributed by atoms with Crippen LogP contribution in [0, 0.1) is 29.6 Å². The molecule has 0 radical (unpaired) electrons. The van der Waals surface area contributed by atoms with Gasteiger partial charge in [-0.05, 0) is 81.0 Å². The maximum atomic E-state index is 5.97. The predicted molar refractivity (Wildman–Crippen MR) is 108 cm³/mol. The summed E-state index contributed by atoms with van der Waals surface area (Å²) >= 11 is 0. The Morgan fingerprint density at radius 3 is 1.84 bits per heavy atom. The van der Waals surface area contributed by atoms with Crippen molar-refractivity contribution in [1.82, 2.24) is 0 Å². The molecule has 0 aromatic rings. The molecule has 3 fully saturated rings. The lowest BCUT2D eigenvalue weighted by atomic mass is 9.66. The van der Waals surface area contributed by atoms with Gasteiger partial charge in [-0.25, -0.2) is 0 Å². The van der Waals surface area contributed by atoms with Gasteiger partial charge in [0, 0.05) is 0 Å². The van der Waals surface area contributed by atoms with Crippen LogP contribution in [0.15, 0.2) is 12.7 Å². The van der Waals surface area contributed by atoms with E-state index in [-0.39, 0.29) is 0 Å². The van der Waals surface area contributed by atoms with E-state index in [0.717, 1.165) is 36.2 Å². The van der Waals surface area contributed by atoms with Crippen molar-refractivity contribution >= 4 is 0 Å². The van der Waals surface area contributed by atoms with Crippen LogP contribution < -0.4 is 0 Å². The van der Waals surface area contributed by atoms with Crippen molar-refractivity contribution in [3.05, 3.63) is 12.7 Å². The maximum Gasteiger partial charge on any atom is 0.0753 e.